The standard InChI is InChI=1S/C14H17N/c1-3-11-15-12(2)9-10-14(15)13-7-5-4-6-8-13/h4-10H,3,11H2,1-2H3. The molecule has 2 aromatic rings. The van der Waals surface area contributed by atoms with Crippen LogP contribution in [0.3, 0.4) is 0 Å². The van der Waals surface area contributed by atoms with Gasteiger partial charge < -0.3 is 4.57 Å². The number of rotatable bonds is 3. The topological polar surface area (TPSA) is 4.93 Å². The van der Waals surface area contributed by atoms with Gasteiger partial charge in [0, 0.05) is 17.9 Å². The molecule has 0 saturated carbocycles. The second-order valence-corrected chi connectivity index (χ2v) is 3.88. The first-order valence-corrected chi connectivity index (χ1v) is 5.54. The van der Waals surface area contributed by atoms with Gasteiger partial charge in [-0.15, -0.1) is 0 Å². The van der Waals surface area contributed by atoms with E-state index >= 15 is 0 Å². The molecule has 0 aliphatic carbocycles. The van der Waals surface area contributed by atoms with Crippen LogP contribution >= 0.6 is 0 Å². The maximum Gasteiger partial charge on any atom is 0.0482 e. The Morgan fingerprint density at radius 1 is 1.00 bits per heavy atom. The summed E-state index contributed by atoms with van der Waals surface area (Å²) in [6.45, 7) is 5.49. The zero-order chi connectivity index (χ0) is 10.7. The summed E-state index contributed by atoms with van der Waals surface area (Å²) in [5.41, 5.74) is 3.98. The zero-order valence-corrected chi connectivity index (χ0v) is 9.40. The van der Waals surface area contributed by atoms with Crippen molar-refractivity contribution in [2.75, 3.05) is 0 Å². The number of hydrogen-bond acceptors (Lipinski definition) is 0. The van der Waals surface area contributed by atoms with Crippen molar-refractivity contribution in [2.45, 2.75) is 26.8 Å². The van der Waals surface area contributed by atoms with Crippen LogP contribution in [0.15, 0.2) is 42.5 Å². The van der Waals surface area contributed by atoms with E-state index in [1.807, 2.05) is 0 Å². The molecule has 1 nitrogen and oxygen atoms in total. The van der Waals surface area contributed by atoms with Gasteiger partial charge in [-0.05, 0) is 31.0 Å². The van der Waals surface area contributed by atoms with Crippen LogP contribution < -0.4 is 0 Å². The van der Waals surface area contributed by atoms with E-state index in [0.717, 1.165) is 6.54 Å². The molecule has 0 N–H and O–H groups in total. The number of aromatic nitrogens is 1. The Morgan fingerprint density at radius 3 is 2.40 bits per heavy atom. The van der Waals surface area contributed by atoms with Gasteiger partial charge in [0.2, 0.25) is 0 Å². The van der Waals surface area contributed by atoms with Gasteiger partial charge in [-0.1, -0.05) is 37.3 Å². The summed E-state index contributed by atoms with van der Waals surface area (Å²) in [5, 5.41) is 0. The molecule has 0 aliphatic heterocycles. The molecule has 0 radical (unpaired) electrons. The van der Waals surface area contributed by atoms with Gasteiger partial charge in [0.05, 0.1) is 0 Å². The molecule has 0 aliphatic rings. The van der Waals surface area contributed by atoms with Crippen LogP contribution in [0.5, 0.6) is 0 Å². The second-order valence-electron chi connectivity index (χ2n) is 3.88. The van der Waals surface area contributed by atoms with Gasteiger partial charge in [0.1, 0.15) is 0 Å². The third kappa shape index (κ3) is 1.96. The number of benzene rings is 1. The first-order valence-electron chi connectivity index (χ1n) is 5.54. The van der Waals surface area contributed by atoms with Crippen LogP contribution in [0.2, 0.25) is 0 Å². The zero-order valence-electron chi connectivity index (χ0n) is 9.40. The molecule has 0 spiro atoms. The Bertz CT molecular complexity index is 426. The van der Waals surface area contributed by atoms with Crippen molar-refractivity contribution in [1.29, 1.82) is 0 Å². The normalized spacial score (nSPS) is 10.5. The fourth-order valence-corrected chi connectivity index (χ4v) is 1.95. The highest BCUT2D eigenvalue weighted by molar-refractivity contribution is 5.60. The molecule has 0 fully saturated rings. The minimum absolute atomic E-state index is 1.10. The SMILES string of the molecule is CCCn1c(C)ccc1-c1ccccc1. The third-order valence-electron chi connectivity index (χ3n) is 2.72. The van der Waals surface area contributed by atoms with E-state index < -0.39 is 0 Å². The molecular formula is C14H17N. The molecule has 1 heteroatoms. The van der Waals surface area contributed by atoms with E-state index in [1.54, 1.807) is 0 Å². The van der Waals surface area contributed by atoms with Crippen LogP contribution in [0, 0.1) is 6.92 Å². The van der Waals surface area contributed by atoms with Crippen molar-refractivity contribution < 1.29 is 0 Å². The monoisotopic (exact) mass is 199 g/mol. The Morgan fingerprint density at radius 2 is 1.73 bits per heavy atom. The van der Waals surface area contributed by atoms with Gasteiger partial charge in [-0.2, -0.15) is 0 Å². The number of nitrogens with zero attached hydrogens (tertiary/aromatic N) is 1. The fourth-order valence-electron chi connectivity index (χ4n) is 1.95. The summed E-state index contributed by atoms with van der Waals surface area (Å²) < 4.78 is 2.38. The maximum absolute atomic E-state index is 2.38. The number of aryl methyl sites for hydroxylation is 1. The van der Waals surface area contributed by atoms with Crippen molar-refractivity contribution in [3.63, 3.8) is 0 Å². The summed E-state index contributed by atoms with van der Waals surface area (Å²) in [6.07, 6.45) is 1.18. The summed E-state index contributed by atoms with van der Waals surface area (Å²) in [4.78, 5) is 0. The van der Waals surface area contributed by atoms with Crippen molar-refractivity contribution in [2.24, 2.45) is 0 Å². The smallest absolute Gasteiger partial charge is 0.0482 e. The average Bonchev–Trinajstić information content (AvgIpc) is 2.63. The maximum atomic E-state index is 2.38. The van der Waals surface area contributed by atoms with E-state index in [0.29, 0.717) is 0 Å². The minimum Gasteiger partial charge on any atom is -0.345 e. The average molecular weight is 199 g/mol. The first kappa shape index (κ1) is 10.0. The molecular weight excluding hydrogens is 182 g/mol. The van der Waals surface area contributed by atoms with E-state index in [4.69, 9.17) is 0 Å². The lowest BCUT2D eigenvalue weighted by Crippen LogP contribution is -2.00. The van der Waals surface area contributed by atoms with Crippen molar-refractivity contribution in [1.82, 2.24) is 4.57 Å². The molecule has 0 saturated heterocycles. The van der Waals surface area contributed by atoms with Gasteiger partial charge >= 0.3 is 0 Å². The Labute approximate surface area is 91.4 Å². The van der Waals surface area contributed by atoms with Crippen molar-refractivity contribution >= 4 is 0 Å². The molecule has 0 unspecified atom stereocenters. The lowest BCUT2D eigenvalue weighted by atomic mass is 10.1. The molecule has 0 bridgehead atoms. The minimum atomic E-state index is 1.10. The summed E-state index contributed by atoms with van der Waals surface area (Å²) in [7, 11) is 0. The van der Waals surface area contributed by atoms with E-state index in [2.05, 4.69) is 60.9 Å². The molecule has 1 aromatic carbocycles. The predicted octanol–water partition coefficient (Wildman–Crippen LogP) is 3.87. The van der Waals surface area contributed by atoms with Crippen LogP contribution in [0.4, 0.5) is 0 Å². The summed E-state index contributed by atoms with van der Waals surface area (Å²) in [6, 6.07) is 15.0. The predicted molar refractivity (Wildman–Crippen MR) is 64.9 cm³/mol. The molecule has 15 heavy (non-hydrogen) atoms. The molecule has 0 atom stereocenters. The fraction of sp³-hybridized carbons (Fsp3) is 0.286. The molecule has 0 amide bonds. The van der Waals surface area contributed by atoms with E-state index in [-0.39, 0.29) is 0 Å². The Hall–Kier alpha value is -1.50. The highest BCUT2D eigenvalue weighted by atomic mass is 15.0. The number of hydrogen-bond donors (Lipinski definition) is 0. The Balaban J connectivity index is 2.44. The van der Waals surface area contributed by atoms with Gasteiger partial charge in [-0.3, -0.25) is 0 Å². The lowest BCUT2D eigenvalue weighted by Gasteiger charge is -2.10. The van der Waals surface area contributed by atoms with Crippen molar-refractivity contribution in [3.8, 4) is 11.3 Å². The van der Waals surface area contributed by atoms with Gasteiger partial charge in [-0.25, -0.2) is 0 Å². The van der Waals surface area contributed by atoms with Gasteiger partial charge in [0.15, 0.2) is 0 Å². The van der Waals surface area contributed by atoms with Crippen LogP contribution in [0.25, 0.3) is 11.3 Å². The van der Waals surface area contributed by atoms with Crippen LogP contribution in [0.1, 0.15) is 19.0 Å². The van der Waals surface area contributed by atoms with E-state index in [1.165, 1.54) is 23.4 Å². The third-order valence-corrected chi connectivity index (χ3v) is 2.72. The largest absolute Gasteiger partial charge is 0.345 e. The van der Waals surface area contributed by atoms with Crippen molar-refractivity contribution in [3.05, 3.63) is 48.2 Å². The van der Waals surface area contributed by atoms with Gasteiger partial charge in [0.25, 0.3) is 0 Å². The quantitative estimate of drug-likeness (QED) is 0.707. The lowest BCUT2D eigenvalue weighted by molar-refractivity contribution is 0.672. The van der Waals surface area contributed by atoms with Crippen LogP contribution in [-0.2, 0) is 6.54 Å². The highest BCUT2D eigenvalue weighted by Gasteiger charge is 2.05. The van der Waals surface area contributed by atoms with Crippen LogP contribution in [-0.4, -0.2) is 4.57 Å². The highest BCUT2D eigenvalue weighted by Crippen LogP contribution is 2.22. The first-order chi connectivity index (χ1) is 7.33. The van der Waals surface area contributed by atoms with E-state index in [9.17, 15) is 0 Å². The molecule has 1 aromatic heterocycles. The summed E-state index contributed by atoms with van der Waals surface area (Å²) >= 11 is 0. The summed E-state index contributed by atoms with van der Waals surface area (Å²) in [5.74, 6) is 0. The second kappa shape index (κ2) is 4.35. The molecule has 1 heterocycles. The Kier molecular flexibility index (Phi) is 2.91. The molecule has 78 valence electrons. The molecule has 2 rings (SSSR count).